The lowest BCUT2D eigenvalue weighted by atomic mass is 9.79. The Hall–Kier alpha value is -2.70. The molecular formula is C49H92N12O4. The van der Waals surface area contributed by atoms with E-state index in [0.717, 1.165) is 57.8 Å². The highest BCUT2D eigenvalue weighted by atomic mass is 16.8. The van der Waals surface area contributed by atoms with Gasteiger partial charge in [-0.25, -0.2) is 10.9 Å². The molecule has 0 radical (unpaired) electrons. The second-order valence-electron chi connectivity index (χ2n) is 25.2. The van der Waals surface area contributed by atoms with Crippen molar-refractivity contribution >= 4 is 11.7 Å². The van der Waals surface area contributed by atoms with Crippen molar-refractivity contribution < 1.29 is 19.1 Å². The van der Waals surface area contributed by atoms with E-state index in [1.807, 2.05) is 12.2 Å². The van der Waals surface area contributed by atoms with Crippen LogP contribution in [0.3, 0.4) is 0 Å². The van der Waals surface area contributed by atoms with E-state index >= 15 is 0 Å². The van der Waals surface area contributed by atoms with Crippen molar-refractivity contribution in [1.29, 1.82) is 0 Å². The quantitative estimate of drug-likeness (QED) is 0.150. The predicted molar refractivity (Wildman–Crippen MR) is 262 cm³/mol. The van der Waals surface area contributed by atoms with Gasteiger partial charge in [0.05, 0.1) is 12.2 Å². The molecule has 0 aliphatic carbocycles. The second kappa shape index (κ2) is 18.3. The standard InChI is InChI=1S/C49H92N12O4/c1-42(2)26-34(27-43(3,4)56(42)17)62-40-24-38(52-60(54-40)64-36-30-46(9,10)58(19)47(11,12)31-36)50-22-21-23-51-39-25-41(63-35-28-44(5,6)57(18)45(7,8)29-35)55-61(53-39)65-37-32-48(13,14)59(20)49(15,16)33-37/h24-25,34-37,54-55H,21-23,26-33H2,1-20H3,(H,50,52)(H,51,53). The van der Waals surface area contributed by atoms with Crippen molar-refractivity contribution in [2.45, 2.75) is 237 Å². The number of hydrazine groups is 4. The Morgan fingerprint density at radius 3 is 0.923 bits per heavy atom. The van der Waals surface area contributed by atoms with E-state index in [1.54, 1.807) is 10.6 Å². The fraction of sp³-hybridized carbons (Fsp3) is 0.878. The summed E-state index contributed by atoms with van der Waals surface area (Å²) in [6.45, 7) is 37.8. The zero-order chi connectivity index (χ0) is 48.3. The topological polar surface area (TPSA) is 129 Å². The molecule has 6 aliphatic heterocycles. The van der Waals surface area contributed by atoms with Crippen LogP contribution in [0.25, 0.3) is 0 Å². The van der Waals surface area contributed by atoms with Gasteiger partial charge in [0, 0.05) is 106 Å². The first-order valence-electron chi connectivity index (χ1n) is 24.5. The first-order chi connectivity index (χ1) is 29.7. The fourth-order valence-corrected chi connectivity index (χ4v) is 11.8. The summed E-state index contributed by atoms with van der Waals surface area (Å²) < 4.78 is 13.6. The van der Waals surface area contributed by atoms with Gasteiger partial charge in [-0.1, -0.05) is 0 Å². The highest BCUT2D eigenvalue weighted by molar-refractivity contribution is 5.93. The molecule has 16 heteroatoms. The number of likely N-dealkylation sites (tertiary alicyclic amines) is 4. The van der Waals surface area contributed by atoms with E-state index in [-0.39, 0.29) is 68.7 Å². The van der Waals surface area contributed by atoms with Crippen LogP contribution >= 0.6 is 0 Å². The maximum atomic E-state index is 6.79. The third-order valence-electron chi connectivity index (χ3n) is 16.4. The smallest absolute Gasteiger partial charge is 0.208 e. The lowest BCUT2D eigenvalue weighted by Crippen LogP contribution is -2.63. The van der Waals surface area contributed by atoms with E-state index in [0.29, 0.717) is 36.5 Å². The summed E-state index contributed by atoms with van der Waals surface area (Å²) in [5.74, 6) is 2.60. The molecule has 0 saturated carbocycles. The van der Waals surface area contributed by atoms with Crippen LogP contribution in [0.1, 0.15) is 169 Å². The highest BCUT2D eigenvalue weighted by Crippen LogP contribution is 2.42. The van der Waals surface area contributed by atoms with Gasteiger partial charge >= 0.3 is 0 Å². The van der Waals surface area contributed by atoms with Crippen molar-refractivity contribution in [3.05, 3.63) is 23.9 Å². The molecule has 0 atom stereocenters. The number of nitrogens with one attached hydrogen (secondary N) is 4. The van der Waals surface area contributed by atoms with Crippen LogP contribution in [0.15, 0.2) is 33.9 Å². The molecule has 6 rings (SSSR count). The Morgan fingerprint density at radius 2 is 0.662 bits per heavy atom. The number of nitrogens with zero attached hydrogens (tertiary/aromatic N) is 8. The van der Waals surface area contributed by atoms with Crippen molar-refractivity contribution in [1.82, 2.24) is 51.9 Å². The fourth-order valence-electron chi connectivity index (χ4n) is 11.8. The Morgan fingerprint density at radius 1 is 0.415 bits per heavy atom. The normalized spacial score (nSPS) is 30.5. The van der Waals surface area contributed by atoms with E-state index < -0.39 is 0 Å². The average molecular weight is 913 g/mol. The molecule has 0 amide bonds. The van der Waals surface area contributed by atoms with Crippen LogP contribution in [0.2, 0.25) is 0 Å². The predicted octanol–water partition coefficient (Wildman–Crippen LogP) is 7.01. The van der Waals surface area contributed by atoms with Gasteiger partial charge in [-0.05, 0) is 171 Å². The Balaban J connectivity index is 1.17. The summed E-state index contributed by atoms with van der Waals surface area (Å²) in [5.41, 5.74) is 13.4. The third-order valence-corrected chi connectivity index (χ3v) is 16.4. The van der Waals surface area contributed by atoms with Crippen molar-refractivity contribution in [2.24, 2.45) is 9.98 Å². The first-order valence-corrected chi connectivity index (χ1v) is 24.5. The largest absolute Gasteiger partial charge is 0.475 e. The maximum absolute atomic E-state index is 6.79. The molecule has 6 heterocycles. The zero-order valence-corrected chi connectivity index (χ0v) is 44.5. The molecule has 65 heavy (non-hydrogen) atoms. The van der Waals surface area contributed by atoms with Crippen LogP contribution in [0.5, 0.6) is 0 Å². The minimum Gasteiger partial charge on any atom is -0.475 e. The van der Waals surface area contributed by atoms with E-state index in [1.165, 1.54) is 0 Å². The molecule has 0 spiro atoms. The van der Waals surface area contributed by atoms with Gasteiger partial charge in [0.15, 0.2) is 0 Å². The maximum Gasteiger partial charge on any atom is 0.208 e. The van der Waals surface area contributed by atoms with Crippen molar-refractivity contribution in [3.8, 4) is 0 Å². The molecule has 4 N–H and O–H groups in total. The van der Waals surface area contributed by atoms with Crippen molar-refractivity contribution in [2.75, 3.05) is 41.3 Å². The Labute approximate surface area is 394 Å². The van der Waals surface area contributed by atoms with Crippen LogP contribution in [-0.4, -0.2) is 152 Å². The molecule has 0 aromatic carbocycles. The summed E-state index contributed by atoms with van der Waals surface area (Å²) in [4.78, 5) is 33.3. The van der Waals surface area contributed by atoms with Gasteiger partial charge in [-0.2, -0.15) is 0 Å². The second-order valence-corrected chi connectivity index (χ2v) is 25.2. The van der Waals surface area contributed by atoms with Crippen LogP contribution < -0.4 is 21.7 Å². The molecule has 4 saturated heterocycles. The number of piperidine rings is 4. The first kappa shape index (κ1) is 51.7. The summed E-state index contributed by atoms with van der Waals surface area (Å²) in [6, 6.07) is 0. The minimum atomic E-state index is -0.0307. The van der Waals surface area contributed by atoms with Gasteiger partial charge in [0.25, 0.3) is 0 Å². The Kier molecular flexibility index (Phi) is 14.6. The zero-order valence-electron chi connectivity index (χ0n) is 44.5. The molecule has 6 aliphatic rings. The van der Waals surface area contributed by atoms with Gasteiger partial charge in [0.1, 0.15) is 23.9 Å². The van der Waals surface area contributed by atoms with Crippen molar-refractivity contribution in [3.63, 3.8) is 0 Å². The summed E-state index contributed by atoms with van der Waals surface area (Å²) in [5, 5.41) is 3.22. The lowest BCUT2D eigenvalue weighted by Gasteiger charge is -2.54. The number of hydrogen-bond donors (Lipinski definition) is 4. The molecule has 16 nitrogen and oxygen atoms in total. The number of aliphatic imine (C=N–C) groups is 2. The summed E-state index contributed by atoms with van der Waals surface area (Å²) in [7, 11) is 8.87. The van der Waals surface area contributed by atoms with Gasteiger partial charge in [0.2, 0.25) is 11.8 Å². The summed E-state index contributed by atoms with van der Waals surface area (Å²) >= 11 is 0. The number of hydrogen-bond acceptors (Lipinski definition) is 14. The molecule has 0 unspecified atom stereocenters. The Bertz CT molecular complexity index is 1620. The van der Waals surface area contributed by atoms with E-state index in [9.17, 15) is 0 Å². The van der Waals surface area contributed by atoms with Gasteiger partial charge < -0.3 is 9.47 Å². The third kappa shape index (κ3) is 12.1. The van der Waals surface area contributed by atoms with Crippen LogP contribution in [0.4, 0.5) is 0 Å². The van der Waals surface area contributed by atoms with Crippen LogP contribution in [0, 0.1) is 0 Å². The molecular weight excluding hydrogens is 821 g/mol. The highest BCUT2D eigenvalue weighted by Gasteiger charge is 2.48. The van der Waals surface area contributed by atoms with E-state index in [4.69, 9.17) is 29.1 Å². The number of rotatable bonds is 12. The summed E-state index contributed by atoms with van der Waals surface area (Å²) in [6.07, 6.45) is 11.8. The average Bonchev–Trinajstić information content (AvgIpc) is 3.13. The lowest BCUT2D eigenvalue weighted by molar-refractivity contribution is -0.275. The number of amidine groups is 2. The van der Waals surface area contributed by atoms with Gasteiger partial charge in [-0.15, -0.1) is 0 Å². The van der Waals surface area contributed by atoms with Crippen LogP contribution in [-0.2, 0) is 19.1 Å². The molecule has 0 aromatic heterocycles. The van der Waals surface area contributed by atoms with Gasteiger partial charge in [-0.3, -0.25) is 50.1 Å². The molecule has 372 valence electrons. The molecule has 4 fully saturated rings. The SMILES string of the molecule is CN1C(C)(C)CC(OC2=CC(=NCCCN=C3C=C(OC4CC(C)(C)N(C)C(C)(C)C4)NN(OC4CC(C)(C)N(C)C(C)(C)C4)N3)NN(OC3CC(C)(C)N(C)C(C)(C)C3)N2)CC1(C)C. The number of ether oxygens (including phenoxy) is 2. The monoisotopic (exact) mass is 913 g/mol. The molecule has 0 bridgehead atoms. The molecule has 0 aromatic rings. The minimum absolute atomic E-state index is 0.0181. The van der Waals surface area contributed by atoms with E-state index in [2.05, 4.69) is 180 Å².